The summed E-state index contributed by atoms with van der Waals surface area (Å²) >= 11 is 2.79. The van der Waals surface area contributed by atoms with Crippen LogP contribution in [0.1, 0.15) is 0 Å². The van der Waals surface area contributed by atoms with Crippen molar-refractivity contribution in [2.45, 2.75) is 0 Å². The van der Waals surface area contributed by atoms with Gasteiger partial charge in [0.1, 0.15) is 0 Å². The summed E-state index contributed by atoms with van der Waals surface area (Å²) in [5.74, 6) is -0.711. The highest BCUT2D eigenvalue weighted by atomic mass is 79.9. The Bertz CT molecular complexity index is 204. The number of carbonyl (C=O) groups is 2. The second-order valence-electron chi connectivity index (χ2n) is 1.08. The quantitative estimate of drug-likeness (QED) is 0.565. The van der Waals surface area contributed by atoms with Crippen molar-refractivity contribution in [3.05, 3.63) is 11.1 Å². The Labute approximate surface area is 88.2 Å². The molecule has 68 valence electrons. The van der Waals surface area contributed by atoms with Gasteiger partial charge in [0.15, 0.2) is 0 Å². The summed E-state index contributed by atoms with van der Waals surface area (Å²) in [4.78, 5) is 19.9. The van der Waals surface area contributed by atoms with E-state index in [1.54, 1.807) is 0 Å². The van der Waals surface area contributed by atoms with E-state index in [2.05, 4.69) is 22.4 Å². The van der Waals surface area contributed by atoms with Crippen LogP contribution in [0, 0.1) is 12.3 Å². The zero-order valence-electron chi connectivity index (χ0n) is 5.73. The molecule has 0 unspecified atom stereocenters. The molecule has 0 aliphatic heterocycles. The minimum Gasteiger partial charge on any atom is -0.478 e. The molecule has 0 heterocycles. The molecule has 0 aromatic rings. The van der Waals surface area contributed by atoms with Crippen LogP contribution in [0.4, 0.5) is 0 Å². The lowest BCUT2D eigenvalue weighted by Gasteiger charge is -1.67. The molecule has 0 amide bonds. The van der Waals surface area contributed by atoms with Crippen molar-refractivity contribution < 1.29 is 19.8 Å². The van der Waals surface area contributed by atoms with Crippen molar-refractivity contribution in [3.8, 4) is 12.3 Å². The first-order chi connectivity index (χ1) is 5.04. The molecule has 0 saturated heterocycles. The van der Waals surface area contributed by atoms with Crippen molar-refractivity contribution in [1.29, 1.82) is 0 Å². The van der Waals surface area contributed by atoms with Crippen molar-refractivity contribution in [2.24, 2.45) is 0 Å². The van der Waals surface area contributed by atoms with E-state index in [0.29, 0.717) is 0 Å². The van der Waals surface area contributed by atoms with E-state index in [9.17, 15) is 4.79 Å². The zero-order chi connectivity index (χ0) is 9.28. The normalized spacial score (nSPS) is 7.00. The highest BCUT2D eigenvalue weighted by Gasteiger charge is 1.77. The van der Waals surface area contributed by atoms with E-state index in [0.717, 1.165) is 6.08 Å². The van der Waals surface area contributed by atoms with Crippen LogP contribution in [0.15, 0.2) is 11.1 Å². The number of rotatable bonds is 1. The lowest BCUT2D eigenvalue weighted by Crippen LogP contribution is -1.83. The van der Waals surface area contributed by atoms with Gasteiger partial charge in [-0.25, -0.2) is 9.59 Å². The SMILES string of the molecule is Br.C#CC(=O)O.O=C(O)/C=C/Br. The lowest BCUT2D eigenvalue weighted by molar-refractivity contribution is -0.132. The van der Waals surface area contributed by atoms with Gasteiger partial charge in [-0.15, -0.1) is 23.4 Å². The number of hydrogen-bond acceptors (Lipinski definition) is 2. The fourth-order valence-corrected chi connectivity index (χ4v) is 0.280. The van der Waals surface area contributed by atoms with Crippen LogP contribution < -0.4 is 0 Å². The second kappa shape index (κ2) is 12.8. The molecule has 12 heavy (non-hydrogen) atoms. The smallest absolute Gasteiger partial charge is 0.381 e. The van der Waals surface area contributed by atoms with Crippen molar-refractivity contribution >= 4 is 44.9 Å². The molecular formula is C6H6Br2O4. The highest BCUT2D eigenvalue weighted by molar-refractivity contribution is 9.11. The van der Waals surface area contributed by atoms with Crippen molar-refractivity contribution in [2.75, 3.05) is 0 Å². The highest BCUT2D eigenvalue weighted by Crippen LogP contribution is 1.79. The van der Waals surface area contributed by atoms with Crippen molar-refractivity contribution in [1.82, 2.24) is 0 Å². The summed E-state index contributed by atoms with van der Waals surface area (Å²) in [6, 6.07) is 0. The second-order valence-corrected chi connectivity index (χ2v) is 1.61. The monoisotopic (exact) mass is 300 g/mol. The molecule has 0 fully saturated rings. The predicted octanol–water partition coefficient (Wildman–Crippen LogP) is 1.26. The van der Waals surface area contributed by atoms with Gasteiger partial charge in [0.25, 0.3) is 0 Å². The average molecular weight is 302 g/mol. The third-order valence-corrected chi connectivity index (χ3v) is 0.593. The molecule has 0 aliphatic rings. The number of hydrogen-bond donors (Lipinski definition) is 2. The summed E-state index contributed by atoms with van der Waals surface area (Å²) in [6.45, 7) is 0. The molecular weight excluding hydrogens is 296 g/mol. The van der Waals surface area contributed by atoms with Crippen LogP contribution in [-0.4, -0.2) is 22.2 Å². The molecule has 0 aromatic carbocycles. The van der Waals surface area contributed by atoms with Gasteiger partial charge in [0.2, 0.25) is 0 Å². The molecule has 0 aliphatic carbocycles. The summed E-state index contributed by atoms with van der Waals surface area (Å²) in [5.41, 5.74) is 0. The number of terminal acetylenes is 1. The van der Waals surface area contributed by atoms with Crippen LogP contribution >= 0.6 is 32.9 Å². The van der Waals surface area contributed by atoms with E-state index < -0.39 is 11.9 Å². The van der Waals surface area contributed by atoms with Crippen LogP contribution in [0.3, 0.4) is 0 Å². The lowest BCUT2D eigenvalue weighted by atomic mass is 10.7. The van der Waals surface area contributed by atoms with Gasteiger partial charge < -0.3 is 10.2 Å². The van der Waals surface area contributed by atoms with Gasteiger partial charge in [0.05, 0.1) is 0 Å². The van der Waals surface area contributed by atoms with E-state index in [-0.39, 0.29) is 17.0 Å². The number of carboxylic acid groups (broad SMARTS) is 2. The predicted molar refractivity (Wildman–Crippen MR) is 52.5 cm³/mol. The minimum absolute atomic E-state index is 0. The van der Waals surface area contributed by atoms with Crippen LogP contribution in [0.5, 0.6) is 0 Å². The summed E-state index contributed by atoms with van der Waals surface area (Å²) in [5, 5.41) is 15.3. The molecule has 6 heteroatoms. The first-order valence-electron chi connectivity index (χ1n) is 2.23. The van der Waals surface area contributed by atoms with Crippen LogP contribution in [0.25, 0.3) is 0 Å². The summed E-state index contributed by atoms with van der Waals surface area (Å²) < 4.78 is 0. The van der Waals surface area contributed by atoms with Gasteiger partial charge in [-0.2, -0.15) is 0 Å². The number of halogens is 2. The van der Waals surface area contributed by atoms with E-state index in [1.165, 1.54) is 10.9 Å². The Morgan fingerprint density at radius 1 is 1.42 bits per heavy atom. The third-order valence-electron chi connectivity index (χ3n) is 0.329. The molecule has 0 bridgehead atoms. The Kier molecular flexibility index (Phi) is 18.5. The van der Waals surface area contributed by atoms with Gasteiger partial charge in [-0.1, -0.05) is 15.9 Å². The molecule has 0 rings (SSSR count). The molecule has 0 aromatic heterocycles. The standard InChI is InChI=1S/C3H3BrO2.C3H2O2.BrH/c4-2-1-3(5)6;1-2-3(4)5;/h1-2H,(H,5,6);1H,(H,4,5);1H/b2-1+;;. The van der Waals surface area contributed by atoms with E-state index in [1.807, 2.05) is 0 Å². The largest absolute Gasteiger partial charge is 0.478 e. The third kappa shape index (κ3) is 35.1. The zero-order valence-corrected chi connectivity index (χ0v) is 9.03. The molecule has 2 N–H and O–H groups in total. The van der Waals surface area contributed by atoms with Crippen LogP contribution in [0.2, 0.25) is 0 Å². The molecule has 0 saturated carbocycles. The Morgan fingerprint density at radius 3 is 1.75 bits per heavy atom. The topological polar surface area (TPSA) is 74.6 Å². The summed E-state index contributed by atoms with van der Waals surface area (Å²) in [6.07, 6.45) is 5.32. The fraction of sp³-hybridized carbons (Fsp3) is 0. The fourth-order valence-electron chi connectivity index (χ4n) is 0.0539. The number of aliphatic carboxylic acids is 2. The molecule has 4 nitrogen and oxygen atoms in total. The van der Waals surface area contributed by atoms with E-state index >= 15 is 0 Å². The maximum absolute atomic E-state index is 9.48. The van der Waals surface area contributed by atoms with Crippen molar-refractivity contribution in [3.63, 3.8) is 0 Å². The summed E-state index contributed by atoms with van der Waals surface area (Å²) in [7, 11) is 0. The average Bonchev–Trinajstić information content (AvgIpc) is 1.89. The van der Waals surface area contributed by atoms with Crippen LogP contribution in [-0.2, 0) is 9.59 Å². The first-order valence-corrected chi connectivity index (χ1v) is 3.15. The Morgan fingerprint density at radius 2 is 1.75 bits per heavy atom. The minimum atomic E-state index is -1.22. The van der Waals surface area contributed by atoms with Gasteiger partial charge in [0, 0.05) is 12.0 Å². The van der Waals surface area contributed by atoms with E-state index in [4.69, 9.17) is 15.0 Å². The van der Waals surface area contributed by atoms with Gasteiger partial charge in [-0.3, -0.25) is 0 Å². The van der Waals surface area contributed by atoms with Gasteiger partial charge >= 0.3 is 11.9 Å². The molecule has 0 spiro atoms. The molecule has 0 radical (unpaired) electrons. The number of carboxylic acids is 2. The Balaban J connectivity index is -0.000000126. The Hall–Kier alpha value is -0.800. The van der Waals surface area contributed by atoms with Gasteiger partial charge in [-0.05, 0) is 4.99 Å². The maximum atomic E-state index is 9.48. The molecule has 0 atom stereocenters. The first kappa shape index (κ1) is 17.3. The maximum Gasteiger partial charge on any atom is 0.381 e.